The summed E-state index contributed by atoms with van der Waals surface area (Å²) in [4.78, 5) is 0. The molecule has 0 bridgehead atoms. The first-order valence-electron chi connectivity index (χ1n) is 5.19. The monoisotopic (exact) mass is 211 g/mol. The van der Waals surface area contributed by atoms with Crippen molar-refractivity contribution in [3.05, 3.63) is 70.9 Å². The zero-order valence-corrected chi connectivity index (χ0v) is 9.13. The summed E-state index contributed by atoms with van der Waals surface area (Å²) in [5.74, 6) is 0. The van der Waals surface area contributed by atoms with Gasteiger partial charge < -0.3 is 5.21 Å². The van der Waals surface area contributed by atoms with E-state index >= 15 is 0 Å². The van der Waals surface area contributed by atoms with E-state index in [1.54, 1.807) is 6.21 Å². The van der Waals surface area contributed by atoms with Crippen LogP contribution in [0.25, 0.3) is 0 Å². The first kappa shape index (κ1) is 10.4. The maximum atomic E-state index is 11.8. The van der Waals surface area contributed by atoms with Crippen LogP contribution in [0.4, 0.5) is 5.69 Å². The first-order chi connectivity index (χ1) is 7.75. The highest BCUT2D eigenvalue weighted by Crippen LogP contribution is 2.11. The van der Waals surface area contributed by atoms with Crippen LogP contribution < -0.4 is 0 Å². The molecule has 2 aromatic rings. The van der Waals surface area contributed by atoms with Gasteiger partial charge in [-0.05, 0) is 19.1 Å². The van der Waals surface area contributed by atoms with Gasteiger partial charge in [0.15, 0.2) is 6.21 Å². The van der Waals surface area contributed by atoms with Crippen molar-refractivity contribution in [3.63, 3.8) is 0 Å². The Bertz CT molecular complexity index is 486. The highest BCUT2D eigenvalue weighted by molar-refractivity contribution is 5.76. The summed E-state index contributed by atoms with van der Waals surface area (Å²) in [6.07, 6.45) is 1.57. The lowest BCUT2D eigenvalue weighted by atomic mass is 10.2. The molecule has 0 amide bonds. The van der Waals surface area contributed by atoms with Gasteiger partial charge >= 0.3 is 0 Å². The topological polar surface area (TPSA) is 26.1 Å². The molecule has 0 radical (unpaired) electrons. The fourth-order valence-corrected chi connectivity index (χ4v) is 1.44. The van der Waals surface area contributed by atoms with Gasteiger partial charge in [0.1, 0.15) is 0 Å². The summed E-state index contributed by atoms with van der Waals surface area (Å²) >= 11 is 0. The minimum atomic E-state index is 0.648. The van der Waals surface area contributed by atoms with Crippen LogP contribution in [0.2, 0.25) is 0 Å². The van der Waals surface area contributed by atoms with E-state index in [0.717, 1.165) is 15.9 Å². The molecule has 0 aromatic heterocycles. The maximum absolute atomic E-state index is 11.8. The lowest BCUT2D eigenvalue weighted by Crippen LogP contribution is -1.98. The molecule has 0 spiro atoms. The molecule has 0 heterocycles. The molecule has 0 aliphatic heterocycles. The zero-order valence-electron chi connectivity index (χ0n) is 9.13. The maximum Gasteiger partial charge on any atom is 0.216 e. The lowest BCUT2D eigenvalue weighted by Gasteiger charge is -2.02. The molecule has 2 nitrogen and oxygen atoms in total. The molecule has 2 heteroatoms. The fourth-order valence-electron chi connectivity index (χ4n) is 1.44. The number of benzene rings is 2. The smallest absolute Gasteiger partial charge is 0.216 e. The van der Waals surface area contributed by atoms with E-state index in [4.69, 9.17) is 0 Å². The van der Waals surface area contributed by atoms with Crippen LogP contribution in [0, 0.1) is 12.1 Å². The van der Waals surface area contributed by atoms with E-state index in [2.05, 4.69) is 0 Å². The van der Waals surface area contributed by atoms with E-state index in [1.165, 1.54) is 0 Å². The summed E-state index contributed by atoms with van der Waals surface area (Å²) in [5, 5.41) is 11.8. The van der Waals surface area contributed by atoms with E-state index in [1.807, 2.05) is 61.5 Å². The quantitative estimate of drug-likeness (QED) is 0.324. The minimum absolute atomic E-state index is 0.648. The molecule has 2 aromatic carbocycles. The van der Waals surface area contributed by atoms with Gasteiger partial charge in [0.2, 0.25) is 5.69 Å². The van der Waals surface area contributed by atoms with Crippen molar-refractivity contribution in [1.29, 1.82) is 0 Å². The third-order valence-corrected chi connectivity index (χ3v) is 2.35. The van der Waals surface area contributed by atoms with Gasteiger partial charge in [0.05, 0.1) is 0 Å². The third kappa shape index (κ3) is 2.48. The molecule has 0 saturated carbocycles. The average molecular weight is 211 g/mol. The molecule has 0 fully saturated rings. The van der Waals surface area contributed by atoms with E-state index < -0.39 is 0 Å². The van der Waals surface area contributed by atoms with Crippen molar-refractivity contribution < 1.29 is 4.74 Å². The van der Waals surface area contributed by atoms with Crippen molar-refractivity contribution in [2.75, 3.05) is 0 Å². The van der Waals surface area contributed by atoms with Crippen LogP contribution in [-0.2, 0) is 0 Å². The SMILES string of the molecule is Cc1ccc([N+]([O-])=Cc2ccccc2)cc1. The van der Waals surface area contributed by atoms with Gasteiger partial charge in [-0.1, -0.05) is 35.9 Å². The Balaban J connectivity index is 2.28. The van der Waals surface area contributed by atoms with Gasteiger partial charge in [-0.3, -0.25) is 0 Å². The van der Waals surface area contributed by atoms with Crippen LogP contribution >= 0.6 is 0 Å². The normalized spacial score (nSPS) is 11.4. The van der Waals surface area contributed by atoms with Gasteiger partial charge in [-0.15, -0.1) is 0 Å². The lowest BCUT2D eigenvalue weighted by molar-refractivity contribution is -0.354. The zero-order chi connectivity index (χ0) is 11.4. The Kier molecular flexibility index (Phi) is 3.01. The summed E-state index contributed by atoms with van der Waals surface area (Å²) in [7, 11) is 0. The van der Waals surface area contributed by atoms with Crippen LogP contribution in [-0.4, -0.2) is 11.0 Å². The highest BCUT2D eigenvalue weighted by Gasteiger charge is 2.00. The third-order valence-electron chi connectivity index (χ3n) is 2.35. The molecular formula is C14H13NO. The minimum Gasteiger partial charge on any atom is -0.618 e. The van der Waals surface area contributed by atoms with Crippen molar-refractivity contribution in [3.8, 4) is 0 Å². The van der Waals surface area contributed by atoms with E-state index in [0.29, 0.717) is 5.69 Å². The summed E-state index contributed by atoms with van der Waals surface area (Å²) in [5.41, 5.74) is 2.70. The van der Waals surface area contributed by atoms with E-state index in [9.17, 15) is 5.21 Å². The second kappa shape index (κ2) is 4.62. The van der Waals surface area contributed by atoms with Crippen molar-refractivity contribution >= 4 is 11.9 Å². The second-order valence-corrected chi connectivity index (χ2v) is 3.70. The summed E-state index contributed by atoms with van der Waals surface area (Å²) in [6.45, 7) is 2.00. The fraction of sp³-hybridized carbons (Fsp3) is 0.0714. The molecule has 0 unspecified atom stereocenters. The number of nitrogens with zero attached hydrogens (tertiary/aromatic N) is 1. The number of hydrogen-bond acceptors (Lipinski definition) is 1. The predicted molar refractivity (Wildman–Crippen MR) is 66.1 cm³/mol. The first-order valence-corrected chi connectivity index (χ1v) is 5.19. The Morgan fingerprint density at radius 3 is 2.19 bits per heavy atom. The standard InChI is InChI=1S/C14H13NO/c1-12-7-9-14(10-8-12)15(16)11-13-5-3-2-4-6-13/h2-11H,1H3. The largest absolute Gasteiger partial charge is 0.618 e. The van der Waals surface area contributed by atoms with Gasteiger partial charge in [0.25, 0.3) is 0 Å². The molecule has 80 valence electrons. The second-order valence-electron chi connectivity index (χ2n) is 3.70. The van der Waals surface area contributed by atoms with Crippen LogP contribution in [0.5, 0.6) is 0 Å². The van der Waals surface area contributed by atoms with Crippen LogP contribution in [0.3, 0.4) is 0 Å². The Hall–Kier alpha value is -2.09. The molecule has 16 heavy (non-hydrogen) atoms. The molecule has 2 rings (SSSR count). The van der Waals surface area contributed by atoms with Crippen molar-refractivity contribution in [2.24, 2.45) is 0 Å². The van der Waals surface area contributed by atoms with Crippen molar-refractivity contribution in [1.82, 2.24) is 0 Å². The summed E-state index contributed by atoms with van der Waals surface area (Å²) in [6, 6.07) is 17.1. The Labute approximate surface area is 95.1 Å². The Morgan fingerprint density at radius 1 is 0.938 bits per heavy atom. The molecule has 0 aliphatic rings. The summed E-state index contributed by atoms with van der Waals surface area (Å²) < 4.78 is 0.884. The van der Waals surface area contributed by atoms with Gasteiger partial charge in [-0.25, -0.2) is 0 Å². The van der Waals surface area contributed by atoms with Crippen LogP contribution in [0.15, 0.2) is 54.6 Å². The van der Waals surface area contributed by atoms with Gasteiger partial charge in [-0.2, -0.15) is 4.74 Å². The number of hydrogen-bond donors (Lipinski definition) is 0. The molecule has 0 N–H and O–H groups in total. The average Bonchev–Trinajstić information content (AvgIpc) is 2.31. The van der Waals surface area contributed by atoms with E-state index in [-0.39, 0.29) is 0 Å². The van der Waals surface area contributed by atoms with Crippen molar-refractivity contribution in [2.45, 2.75) is 6.92 Å². The molecular weight excluding hydrogens is 198 g/mol. The highest BCUT2D eigenvalue weighted by atomic mass is 16.5. The number of aryl methyl sites for hydroxylation is 1. The predicted octanol–water partition coefficient (Wildman–Crippen LogP) is 3.26. The molecule has 0 aliphatic carbocycles. The molecule has 0 atom stereocenters. The molecule has 0 saturated heterocycles. The van der Waals surface area contributed by atoms with Gasteiger partial charge in [0, 0.05) is 17.7 Å². The number of rotatable bonds is 2. The van der Waals surface area contributed by atoms with Crippen LogP contribution in [0.1, 0.15) is 11.1 Å². The Morgan fingerprint density at radius 2 is 1.56 bits per heavy atom.